The maximum absolute atomic E-state index is 11.4. The van der Waals surface area contributed by atoms with Gasteiger partial charge in [0.15, 0.2) is 0 Å². The van der Waals surface area contributed by atoms with Crippen LogP contribution in [-0.2, 0) is 11.8 Å². The van der Waals surface area contributed by atoms with Crippen LogP contribution in [0.5, 0.6) is 5.75 Å². The normalized spacial score (nSPS) is 28.6. The summed E-state index contributed by atoms with van der Waals surface area (Å²) in [6, 6.07) is 13.5. The van der Waals surface area contributed by atoms with Gasteiger partial charge in [-0.05, 0) is 85.5 Å². The van der Waals surface area contributed by atoms with Gasteiger partial charge in [-0.1, -0.05) is 36.1 Å². The molecule has 4 aliphatic rings. The number of rotatable bonds is 4. The molecule has 3 heteroatoms. The molecule has 0 atom stereocenters. The van der Waals surface area contributed by atoms with E-state index in [4.69, 9.17) is 4.74 Å². The van der Waals surface area contributed by atoms with Gasteiger partial charge in [-0.15, -0.1) is 0 Å². The molecular weight excluding hydrogens is 372 g/mol. The van der Waals surface area contributed by atoms with Crippen LogP contribution in [-0.4, -0.2) is 18.2 Å². The highest BCUT2D eigenvalue weighted by Crippen LogP contribution is 2.61. The molecule has 1 N–H and O–H groups in total. The topological polar surface area (TPSA) is 46.5 Å². The smallest absolute Gasteiger partial charge is 0.336 e. The molecule has 6 rings (SSSR count). The van der Waals surface area contributed by atoms with Gasteiger partial charge in [0.2, 0.25) is 0 Å². The van der Waals surface area contributed by atoms with E-state index in [9.17, 15) is 9.90 Å². The number of carbonyl (C=O) groups is 1. The Morgan fingerprint density at radius 1 is 1.07 bits per heavy atom. The summed E-state index contributed by atoms with van der Waals surface area (Å²) in [5, 5.41) is 9.35. The van der Waals surface area contributed by atoms with Gasteiger partial charge < -0.3 is 9.84 Å². The number of hydrogen-bond acceptors (Lipinski definition) is 2. The Hall–Kier alpha value is -2.73. The molecule has 0 aliphatic heterocycles. The van der Waals surface area contributed by atoms with E-state index in [-0.39, 0.29) is 11.0 Å². The molecule has 0 unspecified atom stereocenters. The van der Waals surface area contributed by atoms with Gasteiger partial charge in [0.25, 0.3) is 0 Å². The van der Waals surface area contributed by atoms with E-state index in [1.807, 2.05) is 6.07 Å². The van der Waals surface area contributed by atoms with Gasteiger partial charge in [-0.2, -0.15) is 0 Å². The molecule has 4 aliphatic carbocycles. The van der Waals surface area contributed by atoms with Crippen molar-refractivity contribution < 1.29 is 14.6 Å². The Kier molecular flexibility index (Phi) is 4.82. The Balaban J connectivity index is 1.43. The molecule has 4 saturated carbocycles. The Labute approximate surface area is 178 Å². The van der Waals surface area contributed by atoms with Gasteiger partial charge in [0.05, 0.1) is 12.7 Å². The molecule has 4 fully saturated rings. The first kappa shape index (κ1) is 19.2. The third kappa shape index (κ3) is 3.39. The van der Waals surface area contributed by atoms with Crippen LogP contribution in [0.2, 0.25) is 0 Å². The van der Waals surface area contributed by atoms with Crippen molar-refractivity contribution in [2.75, 3.05) is 7.11 Å². The van der Waals surface area contributed by atoms with Crippen molar-refractivity contribution in [2.24, 2.45) is 17.8 Å². The highest BCUT2D eigenvalue weighted by atomic mass is 16.5. The fourth-order valence-electron chi connectivity index (χ4n) is 6.74. The van der Waals surface area contributed by atoms with Gasteiger partial charge in [0, 0.05) is 17.5 Å². The third-order valence-electron chi connectivity index (χ3n) is 7.55. The van der Waals surface area contributed by atoms with E-state index < -0.39 is 5.97 Å². The standard InChI is InChI=1S/C27H28O3/c1-30-25-10-9-18(5-4-7-22-6-2-3-8-23(22)26(28)29)14-24(25)27-15-19-11-20(16-27)13-21(12-19)17-27/h2-3,6,8-10,14,19-21H,5,11-13,15-17H2,1H3,(H,28,29). The molecule has 0 spiro atoms. The number of carboxylic acids is 1. The van der Waals surface area contributed by atoms with Crippen LogP contribution in [0.3, 0.4) is 0 Å². The Morgan fingerprint density at radius 2 is 1.73 bits per heavy atom. The molecule has 0 saturated heterocycles. The Morgan fingerprint density at radius 3 is 2.37 bits per heavy atom. The number of methoxy groups -OCH3 is 1. The summed E-state index contributed by atoms with van der Waals surface area (Å²) in [5.41, 5.74) is 3.67. The van der Waals surface area contributed by atoms with E-state index in [2.05, 4.69) is 30.0 Å². The van der Waals surface area contributed by atoms with Crippen LogP contribution in [0.25, 0.3) is 0 Å². The molecule has 0 heterocycles. The third-order valence-corrected chi connectivity index (χ3v) is 7.55. The second-order valence-electron chi connectivity index (χ2n) is 9.56. The molecule has 2 aromatic rings. The lowest BCUT2D eigenvalue weighted by Gasteiger charge is -2.57. The zero-order valence-electron chi connectivity index (χ0n) is 17.5. The molecule has 4 bridgehead atoms. The minimum atomic E-state index is -0.937. The summed E-state index contributed by atoms with van der Waals surface area (Å²) in [6.45, 7) is 0. The average Bonchev–Trinajstić information content (AvgIpc) is 2.73. The van der Waals surface area contributed by atoms with Gasteiger partial charge in [-0.25, -0.2) is 4.79 Å². The van der Waals surface area contributed by atoms with Gasteiger partial charge in [-0.3, -0.25) is 0 Å². The molecule has 0 amide bonds. The summed E-state index contributed by atoms with van der Waals surface area (Å²) >= 11 is 0. The van der Waals surface area contributed by atoms with Crippen molar-refractivity contribution in [3.8, 4) is 17.6 Å². The van der Waals surface area contributed by atoms with E-state index in [1.54, 1.807) is 25.3 Å². The number of aromatic carboxylic acids is 1. The highest BCUT2D eigenvalue weighted by molar-refractivity contribution is 5.90. The Bertz CT molecular complexity index is 1000. The molecule has 30 heavy (non-hydrogen) atoms. The zero-order chi connectivity index (χ0) is 20.7. The molecule has 0 aromatic heterocycles. The van der Waals surface area contributed by atoms with Crippen LogP contribution in [0.1, 0.15) is 65.6 Å². The maximum Gasteiger partial charge on any atom is 0.336 e. The van der Waals surface area contributed by atoms with E-state index in [1.165, 1.54) is 49.7 Å². The maximum atomic E-state index is 11.4. The minimum absolute atomic E-state index is 0.258. The number of carboxylic acid groups (broad SMARTS) is 1. The lowest BCUT2D eigenvalue weighted by Crippen LogP contribution is -2.48. The number of ether oxygens (including phenoxy) is 1. The lowest BCUT2D eigenvalue weighted by molar-refractivity contribution is -0.00618. The molecular formula is C27H28O3. The lowest BCUT2D eigenvalue weighted by atomic mass is 9.48. The van der Waals surface area contributed by atoms with Crippen LogP contribution in [0, 0.1) is 29.6 Å². The van der Waals surface area contributed by atoms with Crippen molar-refractivity contribution in [3.05, 3.63) is 64.7 Å². The van der Waals surface area contributed by atoms with Crippen molar-refractivity contribution in [3.63, 3.8) is 0 Å². The van der Waals surface area contributed by atoms with Crippen LogP contribution >= 0.6 is 0 Å². The van der Waals surface area contributed by atoms with Crippen molar-refractivity contribution in [1.29, 1.82) is 0 Å². The van der Waals surface area contributed by atoms with Gasteiger partial charge >= 0.3 is 5.97 Å². The monoisotopic (exact) mass is 400 g/mol. The van der Waals surface area contributed by atoms with E-state index in [0.717, 1.165) is 23.5 Å². The largest absolute Gasteiger partial charge is 0.496 e. The first-order chi connectivity index (χ1) is 14.6. The van der Waals surface area contributed by atoms with Crippen molar-refractivity contribution >= 4 is 5.97 Å². The first-order valence-corrected chi connectivity index (χ1v) is 11.0. The summed E-state index contributed by atoms with van der Waals surface area (Å²) < 4.78 is 5.80. The van der Waals surface area contributed by atoms with Crippen LogP contribution < -0.4 is 4.74 Å². The fourth-order valence-corrected chi connectivity index (χ4v) is 6.74. The molecule has 154 valence electrons. The molecule has 0 radical (unpaired) electrons. The van der Waals surface area contributed by atoms with E-state index >= 15 is 0 Å². The molecule has 2 aromatic carbocycles. The van der Waals surface area contributed by atoms with E-state index in [0.29, 0.717) is 12.0 Å². The quantitative estimate of drug-likeness (QED) is 0.694. The summed E-state index contributed by atoms with van der Waals surface area (Å²) in [4.78, 5) is 11.4. The second kappa shape index (κ2) is 7.51. The van der Waals surface area contributed by atoms with Crippen LogP contribution in [0.4, 0.5) is 0 Å². The van der Waals surface area contributed by atoms with Gasteiger partial charge in [0.1, 0.15) is 5.75 Å². The van der Waals surface area contributed by atoms with Crippen LogP contribution in [0.15, 0.2) is 42.5 Å². The average molecular weight is 401 g/mol. The fraction of sp³-hybridized carbons (Fsp3) is 0.444. The SMILES string of the molecule is COc1ccc(CC#Cc2ccccc2C(=O)O)cc1C12CC3CC(CC(C3)C1)C2. The predicted octanol–water partition coefficient (Wildman–Crippen LogP) is 5.46. The zero-order valence-corrected chi connectivity index (χ0v) is 17.5. The number of hydrogen-bond donors (Lipinski definition) is 1. The van der Waals surface area contributed by atoms with Crippen molar-refractivity contribution in [2.45, 2.75) is 50.4 Å². The van der Waals surface area contributed by atoms with Crippen molar-refractivity contribution in [1.82, 2.24) is 0 Å². The highest BCUT2D eigenvalue weighted by Gasteiger charge is 2.52. The summed E-state index contributed by atoms with van der Waals surface area (Å²) in [7, 11) is 1.78. The predicted molar refractivity (Wildman–Crippen MR) is 117 cm³/mol. The molecule has 3 nitrogen and oxygen atoms in total. The number of benzene rings is 2. The second-order valence-corrected chi connectivity index (χ2v) is 9.56. The summed E-state index contributed by atoms with van der Waals surface area (Å²) in [6.07, 6.45) is 8.79. The summed E-state index contributed by atoms with van der Waals surface area (Å²) in [5.74, 6) is 9.00. The first-order valence-electron chi connectivity index (χ1n) is 11.0. The minimum Gasteiger partial charge on any atom is -0.496 e.